The molecule has 0 spiro atoms. The Bertz CT molecular complexity index is 413. The standard InChI is InChI=1S/C14H19F3N2/c15-14(16,17)8-7-13(19-18)12-6-2-5-11(9-12)10-3-1-4-10/h2,5-6,9-10,13,19H,1,3-4,7-8,18H2. The van der Waals surface area contributed by atoms with E-state index in [1.54, 1.807) is 0 Å². The molecule has 1 unspecified atom stereocenters. The van der Waals surface area contributed by atoms with E-state index in [0.29, 0.717) is 5.92 Å². The third-order valence-corrected chi connectivity index (χ3v) is 3.81. The number of nitrogens with one attached hydrogen (secondary N) is 1. The minimum atomic E-state index is -4.14. The van der Waals surface area contributed by atoms with Crippen LogP contribution in [-0.4, -0.2) is 6.18 Å². The molecule has 1 aliphatic carbocycles. The molecule has 2 nitrogen and oxygen atoms in total. The number of alkyl halides is 3. The molecule has 0 bridgehead atoms. The van der Waals surface area contributed by atoms with Gasteiger partial charge in [0.05, 0.1) is 0 Å². The lowest BCUT2D eigenvalue weighted by molar-refractivity contribution is -0.136. The van der Waals surface area contributed by atoms with Gasteiger partial charge in [0.2, 0.25) is 0 Å². The van der Waals surface area contributed by atoms with Gasteiger partial charge in [-0.3, -0.25) is 11.3 Å². The number of rotatable bonds is 5. The van der Waals surface area contributed by atoms with Crippen LogP contribution in [-0.2, 0) is 0 Å². The second-order valence-electron chi connectivity index (χ2n) is 5.17. The summed E-state index contributed by atoms with van der Waals surface area (Å²) in [4.78, 5) is 0. The lowest BCUT2D eigenvalue weighted by atomic mass is 9.79. The van der Waals surface area contributed by atoms with Crippen LogP contribution in [0.3, 0.4) is 0 Å². The number of hydrogen-bond acceptors (Lipinski definition) is 2. The van der Waals surface area contributed by atoms with E-state index in [2.05, 4.69) is 5.43 Å². The molecule has 1 aliphatic rings. The van der Waals surface area contributed by atoms with E-state index in [0.717, 1.165) is 5.56 Å². The van der Waals surface area contributed by atoms with Gasteiger partial charge in [-0.1, -0.05) is 30.7 Å². The Labute approximate surface area is 111 Å². The Balaban J connectivity index is 2.05. The zero-order chi connectivity index (χ0) is 13.9. The SMILES string of the molecule is NNC(CCC(F)(F)F)c1cccc(C2CCC2)c1. The van der Waals surface area contributed by atoms with Gasteiger partial charge in [-0.15, -0.1) is 0 Å². The molecule has 106 valence electrons. The van der Waals surface area contributed by atoms with Crippen LogP contribution in [0.1, 0.15) is 55.2 Å². The molecule has 0 amide bonds. The second-order valence-corrected chi connectivity index (χ2v) is 5.17. The second kappa shape index (κ2) is 5.92. The maximum absolute atomic E-state index is 12.3. The van der Waals surface area contributed by atoms with Gasteiger partial charge in [0.25, 0.3) is 0 Å². The van der Waals surface area contributed by atoms with Crippen LogP contribution in [0.2, 0.25) is 0 Å². The molecular weight excluding hydrogens is 253 g/mol. The first kappa shape index (κ1) is 14.3. The number of benzene rings is 1. The quantitative estimate of drug-likeness (QED) is 0.632. The Morgan fingerprint density at radius 3 is 2.58 bits per heavy atom. The van der Waals surface area contributed by atoms with Crippen molar-refractivity contribution in [1.82, 2.24) is 5.43 Å². The molecule has 19 heavy (non-hydrogen) atoms. The first-order chi connectivity index (χ1) is 8.99. The molecule has 0 heterocycles. The molecule has 3 N–H and O–H groups in total. The molecule has 2 rings (SSSR count). The summed E-state index contributed by atoms with van der Waals surface area (Å²) >= 11 is 0. The number of nitrogens with two attached hydrogens (primary N) is 1. The molecule has 0 radical (unpaired) electrons. The van der Waals surface area contributed by atoms with Crippen molar-refractivity contribution in [3.63, 3.8) is 0 Å². The summed E-state index contributed by atoms with van der Waals surface area (Å²) in [6.07, 6.45) is -1.41. The van der Waals surface area contributed by atoms with E-state index in [1.807, 2.05) is 24.3 Å². The highest BCUT2D eigenvalue weighted by Gasteiger charge is 2.28. The summed E-state index contributed by atoms with van der Waals surface area (Å²) in [7, 11) is 0. The van der Waals surface area contributed by atoms with E-state index in [4.69, 9.17) is 5.84 Å². The predicted molar refractivity (Wildman–Crippen MR) is 68.4 cm³/mol. The minimum absolute atomic E-state index is 0.0336. The smallest absolute Gasteiger partial charge is 0.271 e. The van der Waals surface area contributed by atoms with Gasteiger partial charge in [0.1, 0.15) is 0 Å². The van der Waals surface area contributed by atoms with E-state index < -0.39 is 18.6 Å². The highest BCUT2D eigenvalue weighted by atomic mass is 19.4. The minimum Gasteiger partial charge on any atom is -0.271 e. The Morgan fingerprint density at radius 2 is 2.05 bits per heavy atom. The molecule has 1 atom stereocenters. The first-order valence-electron chi connectivity index (χ1n) is 6.62. The van der Waals surface area contributed by atoms with Gasteiger partial charge in [0.15, 0.2) is 0 Å². The summed E-state index contributed by atoms with van der Waals surface area (Å²) in [5.74, 6) is 5.96. The lowest BCUT2D eigenvalue weighted by Crippen LogP contribution is -2.29. The first-order valence-corrected chi connectivity index (χ1v) is 6.62. The van der Waals surface area contributed by atoms with Crippen LogP contribution in [0.5, 0.6) is 0 Å². The highest BCUT2D eigenvalue weighted by molar-refractivity contribution is 5.29. The fourth-order valence-corrected chi connectivity index (χ4v) is 2.43. The zero-order valence-electron chi connectivity index (χ0n) is 10.7. The van der Waals surface area contributed by atoms with Gasteiger partial charge in [-0.25, -0.2) is 0 Å². The van der Waals surface area contributed by atoms with Crippen LogP contribution in [0.15, 0.2) is 24.3 Å². The fraction of sp³-hybridized carbons (Fsp3) is 0.571. The van der Waals surface area contributed by atoms with Crippen molar-refractivity contribution >= 4 is 0 Å². The molecule has 1 saturated carbocycles. The maximum Gasteiger partial charge on any atom is 0.389 e. The fourth-order valence-electron chi connectivity index (χ4n) is 2.43. The topological polar surface area (TPSA) is 38.0 Å². The highest BCUT2D eigenvalue weighted by Crippen LogP contribution is 2.37. The van der Waals surface area contributed by atoms with E-state index >= 15 is 0 Å². The van der Waals surface area contributed by atoms with Crippen LogP contribution in [0.4, 0.5) is 13.2 Å². The van der Waals surface area contributed by atoms with Gasteiger partial charge >= 0.3 is 6.18 Å². The Kier molecular flexibility index (Phi) is 4.47. The van der Waals surface area contributed by atoms with Gasteiger partial charge in [-0.05, 0) is 36.3 Å². The van der Waals surface area contributed by atoms with Crippen LogP contribution >= 0.6 is 0 Å². The van der Waals surface area contributed by atoms with Crippen molar-refractivity contribution in [2.75, 3.05) is 0 Å². The number of hydrazine groups is 1. The van der Waals surface area contributed by atoms with Crippen LogP contribution < -0.4 is 11.3 Å². The molecular formula is C14H19F3N2. The van der Waals surface area contributed by atoms with Crippen LogP contribution in [0, 0.1) is 0 Å². The Hall–Kier alpha value is -1.07. The average Bonchev–Trinajstić information content (AvgIpc) is 2.26. The average molecular weight is 272 g/mol. The van der Waals surface area contributed by atoms with Crippen LogP contribution in [0.25, 0.3) is 0 Å². The van der Waals surface area contributed by atoms with Crippen molar-refractivity contribution in [3.05, 3.63) is 35.4 Å². The molecule has 0 saturated heterocycles. The predicted octanol–water partition coefficient (Wildman–Crippen LogP) is 3.80. The summed E-state index contributed by atoms with van der Waals surface area (Å²) in [6.45, 7) is 0. The van der Waals surface area contributed by atoms with Gasteiger partial charge in [-0.2, -0.15) is 13.2 Å². The third-order valence-electron chi connectivity index (χ3n) is 3.81. The van der Waals surface area contributed by atoms with Crippen molar-refractivity contribution in [2.45, 2.75) is 50.2 Å². The number of halogens is 3. The molecule has 1 aromatic carbocycles. The monoisotopic (exact) mass is 272 g/mol. The van der Waals surface area contributed by atoms with Crippen molar-refractivity contribution < 1.29 is 13.2 Å². The van der Waals surface area contributed by atoms with Crippen molar-refractivity contribution in [2.24, 2.45) is 5.84 Å². The lowest BCUT2D eigenvalue weighted by Gasteiger charge is -2.27. The zero-order valence-corrected chi connectivity index (χ0v) is 10.7. The number of hydrogen-bond donors (Lipinski definition) is 2. The normalized spacial score (nSPS) is 18.1. The molecule has 5 heteroatoms. The summed E-state index contributed by atoms with van der Waals surface area (Å²) in [5.41, 5.74) is 4.56. The van der Waals surface area contributed by atoms with E-state index in [1.165, 1.54) is 24.8 Å². The van der Waals surface area contributed by atoms with E-state index in [9.17, 15) is 13.2 Å². The molecule has 0 aliphatic heterocycles. The molecule has 1 fully saturated rings. The molecule has 0 aromatic heterocycles. The van der Waals surface area contributed by atoms with Crippen molar-refractivity contribution in [3.8, 4) is 0 Å². The van der Waals surface area contributed by atoms with E-state index in [-0.39, 0.29) is 6.42 Å². The maximum atomic E-state index is 12.3. The van der Waals surface area contributed by atoms with Crippen molar-refractivity contribution in [1.29, 1.82) is 0 Å². The third kappa shape index (κ3) is 3.94. The van der Waals surface area contributed by atoms with Gasteiger partial charge < -0.3 is 0 Å². The summed E-state index contributed by atoms with van der Waals surface area (Å²) in [6, 6.07) is 7.33. The summed E-state index contributed by atoms with van der Waals surface area (Å²) in [5, 5.41) is 0. The van der Waals surface area contributed by atoms with Gasteiger partial charge in [0, 0.05) is 12.5 Å². The largest absolute Gasteiger partial charge is 0.389 e. The summed E-state index contributed by atoms with van der Waals surface area (Å²) < 4.78 is 36.8. The molecule has 1 aromatic rings. The Morgan fingerprint density at radius 1 is 1.32 bits per heavy atom.